The largest absolute Gasteiger partial charge is 0.341 e. The van der Waals surface area contributed by atoms with Gasteiger partial charge in [-0.05, 0) is 43.5 Å². The predicted octanol–water partition coefficient (Wildman–Crippen LogP) is 2.42. The minimum absolute atomic E-state index is 0.0200. The van der Waals surface area contributed by atoms with Gasteiger partial charge in [-0.2, -0.15) is 0 Å². The molecular weight excluding hydrogens is 349 g/mol. The van der Waals surface area contributed by atoms with E-state index >= 15 is 0 Å². The Morgan fingerprint density at radius 1 is 1.29 bits per heavy atom. The second-order valence-corrected chi connectivity index (χ2v) is 7.72. The number of piperidine rings is 1. The highest BCUT2D eigenvalue weighted by Gasteiger charge is 2.52. The number of hydrogen-bond acceptors (Lipinski definition) is 3. The van der Waals surface area contributed by atoms with Crippen LogP contribution in [0.5, 0.6) is 0 Å². The number of nitrogens with one attached hydrogen (secondary N) is 2. The number of halogens is 2. The van der Waals surface area contributed by atoms with Crippen molar-refractivity contribution in [1.29, 1.82) is 0 Å². The Kier molecular flexibility index (Phi) is 3.98. The van der Waals surface area contributed by atoms with E-state index in [4.69, 9.17) is 23.2 Å². The third-order valence-electron chi connectivity index (χ3n) is 5.49. The summed E-state index contributed by atoms with van der Waals surface area (Å²) in [6.07, 6.45) is 2.56. The summed E-state index contributed by atoms with van der Waals surface area (Å²) in [5.41, 5.74) is 0.878. The fourth-order valence-corrected chi connectivity index (χ4v) is 4.46. The second-order valence-electron chi connectivity index (χ2n) is 6.90. The lowest BCUT2D eigenvalue weighted by Gasteiger charge is -2.28. The van der Waals surface area contributed by atoms with Crippen molar-refractivity contribution in [2.45, 2.75) is 24.7 Å². The van der Waals surface area contributed by atoms with E-state index in [9.17, 15) is 9.59 Å². The van der Waals surface area contributed by atoms with Crippen LogP contribution in [0.25, 0.3) is 0 Å². The molecule has 4 rings (SSSR count). The number of nitrogens with zero attached hydrogens (tertiary/aromatic N) is 1. The van der Waals surface area contributed by atoms with Crippen molar-refractivity contribution in [1.82, 2.24) is 10.2 Å². The van der Waals surface area contributed by atoms with E-state index < -0.39 is 5.41 Å². The van der Waals surface area contributed by atoms with Gasteiger partial charge in [0.25, 0.3) is 0 Å². The van der Waals surface area contributed by atoms with Crippen molar-refractivity contribution in [3.05, 3.63) is 27.7 Å². The van der Waals surface area contributed by atoms with Crippen LogP contribution in [0.15, 0.2) is 12.1 Å². The maximum atomic E-state index is 12.8. The third kappa shape index (κ3) is 2.41. The first kappa shape index (κ1) is 16.2. The van der Waals surface area contributed by atoms with Crippen LogP contribution in [0.4, 0.5) is 5.69 Å². The molecule has 0 bridgehead atoms. The summed E-state index contributed by atoms with van der Waals surface area (Å²) in [4.78, 5) is 27.3. The third-order valence-corrected chi connectivity index (χ3v) is 6.21. The Hall–Kier alpha value is -1.30. The van der Waals surface area contributed by atoms with Gasteiger partial charge in [0.15, 0.2) is 0 Å². The monoisotopic (exact) mass is 367 g/mol. The normalized spacial score (nSPS) is 29.0. The number of benzene rings is 1. The van der Waals surface area contributed by atoms with E-state index in [1.165, 1.54) is 0 Å². The number of rotatable bonds is 1. The van der Waals surface area contributed by atoms with Gasteiger partial charge in [0.05, 0.1) is 21.4 Å². The molecule has 24 heavy (non-hydrogen) atoms. The molecular formula is C17H19Cl2N3O2. The summed E-state index contributed by atoms with van der Waals surface area (Å²) in [7, 11) is 0. The molecule has 0 aromatic heterocycles. The van der Waals surface area contributed by atoms with Gasteiger partial charge in [-0.3, -0.25) is 9.59 Å². The van der Waals surface area contributed by atoms with Crippen LogP contribution in [0.2, 0.25) is 10.0 Å². The number of carbonyl (C=O) groups excluding carboxylic acids is 2. The summed E-state index contributed by atoms with van der Waals surface area (Å²) in [6, 6.07) is 3.47. The number of carbonyl (C=O) groups is 2. The molecule has 1 spiro atoms. The molecule has 1 aromatic carbocycles. The van der Waals surface area contributed by atoms with Gasteiger partial charge in [0.2, 0.25) is 11.8 Å². The Morgan fingerprint density at radius 3 is 2.83 bits per heavy atom. The number of fused-ring (bicyclic) bond motifs is 2. The molecule has 2 N–H and O–H groups in total. The van der Waals surface area contributed by atoms with Gasteiger partial charge in [0, 0.05) is 25.3 Å². The highest BCUT2D eigenvalue weighted by Crippen LogP contribution is 2.47. The fraction of sp³-hybridized carbons (Fsp3) is 0.529. The Balaban J connectivity index is 1.61. The molecule has 128 valence electrons. The Bertz CT molecular complexity index is 718. The van der Waals surface area contributed by atoms with Crippen molar-refractivity contribution >= 4 is 40.7 Å². The molecule has 7 heteroatoms. The molecule has 2 saturated heterocycles. The zero-order valence-electron chi connectivity index (χ0n) is 13.2. The molecule has 3 aliphatic heterocycles. The van der Waals surface area contributed by atoms with Crippen molar-refractivity contribution in [2.75, 3.05) is 31.5 Å². The summed E-state index contributed by atoms with van der Waals surface area (Å²) >= 11 is 12.2. The SMILES string of the molecule is O=C([C@H]1CCCNC1)N1CC[C@]2(C1)C(=O)Nc1cc(Cl)c(Cl)cc12. The standard InChI is InChI=1S/C17H19Cl2N3O2/c18-12-6-11-14(7-13(12)19)21-16(24)17(11)3-5-22(9-17)15(23)10-2-1-4-20-8-10/h6-7,10,20H,1-5,8-9H2,(H,21,24)/t10-,17+/m0/s1. The van der Waals surface area contributed by atoms with Crippen LogP contribution < -0.4 is 10.6 Å². The lowest BCUT2D eigenvalue weighted by atomic mass is 9.81. The molecule has 0 saturated carbocycles. The first-order valence-electron chi connectivity index (χ1n) is 8.32. The Morgan fingerprint density at radius 2 is 2.08 bits per heavy atom. The van der Waals surface area contributed by atoms with Gasteiger partial charge < -0.3 is 15.5 Å². The van der Waals surface area contributed by atoms with Gasteiger partial charge in [0.1, 0.15) is 0 Å². The molecule has 2 atom stereocenters. The van der Waals surface area contributed by atoms with Crippen LogP contribution in [-0.2, 0) is 15.0 Å². The molecule has 2 fully saturated rings. The van der Waals surface area contributed by atoms with Crippen LogP contribution in [0.3, 0.4) is 0 Å². The molecule has 1 aromatic rings. The van der Waals surface area contributed by atoms with Gasteiger partial charge >= 0.3 is 0 Å². The average Bonchev–Trinajstić information content (AvgIpc) is 3.13. The molecule has 0 radical (unpaired) electrons. The average molecular weight is 368 g/mol. The Labute approximate surface area is 150 Å². The maximum absolute atomic E-state index is 12.8. The summed E-state index contributed by atoms with van der Waals surface area (Å²) in [6.45, 7) is 2.72. The molecule has 2 amide bonds. The zero-order chi connectivity index (χ0) is 16.9. The first-order valence-corrected chi connectivity index (χ1v) is 9.07. The molecule has 3 heterocycles. The van der Waals surface area contributed by atoms with Gasteiger partial charge in [-0.15, -0.1) is 0 Å². The quantitative estimate of drug-likeness (QED) is 0.801. The summed E-state index contributed by atoms with van der Waals surface area (Å²) in [5, 5.41) is 7.05. The second kappa shape index (κ2) is 5.90. The van der Waals surface area contributed by atoms with E-state index in [1.807, 2.05) is 4.90 Å². The minimum atomic E-state index is -0.693. The smallest absolute Gasteiger partial charge is 0.237 e. The number of likely N-dealkylation sites (tertiary alicyclic amines) is 1. The lowest BCUT2D eigenvalue weighted by Crippen LogP contribution is -2.44. The van der Waals surface area contributed by atoms with Crippen molar-refractivity contribution in [3.63, 3.8) is 0 Å². The van der Waals surface area contributed by atoms with Crippen molar-refractivity contribution in [2.24, 2.45) is 5.92 Å². The number of anilines is 1. The van der Waals surface area contributed by atoms with E-state index in [0.29, 0.717) is 35.2 Å². The number of hydrogen-bond donors (Lipinski definition) is 2. The van der Waals surface area contributed by atoms with E-state index in [2.05, 4.69) is 10.6 Å². The van der Waals surface area contributed by atoms with Crippen LogP contribution in [0, 0.1) is 5.92 Å². The summed E-state index contributed by atoms with van der Waals surface area (Å²) in [5.74, 6) is 0.111. The maximum Gasteiger partial charge on any atom is 0.237 e. The summed E-state index contributed by atoms with van der Waals surface area (Å²) < 4.78 is 0. The van der Waals surface area contributed by atoms with Crippen LogP contribution in [-0.4, -0.2) is 42.9 Å². The molecule has 5 nitrogen and oxygen atoms in total. The molecule has 3 aliphatic rings. The topological polar surface area (TPSA) is 61.4 Å². The minimum Gasteiger partial charge on any atom is -0.341 e. The van der Waals surface area contributed by atoms with Crippen molar-refractivity contribution < 1.29 is 9.59 Å². The highest BCUT2D eigenvalue weighted by atomic mass is 35.5. The van der Waals surface area contributed by atoms with Gasteiger partial charge in [-0.1, -0.05) is 23.2 Å². The first-order chi connectivity index (χ1) is 11.5. The van der Waals surface area contributed by atoms with Crippen LogP contribution in [0.1, 0.15) is 24.8 Å². The van der Waals surface area contributed by atoms with Crippen molar-refractivity contribution in [3.8, 4) is 0 Å². The lowest BCUT2D eigenvalue weighted by molar-refractivity contribution is -0.135. The predicted molar refractivity (Wildman–Crippen MR) is 93.6 cm³/mol. The highest BCUT2D eigenvalue weighted by molar-refractivity contribution is 6.42. The molecule has 0 aliphatic carbocycles. The number of amides is 2. The van der Waals surface area contributed by atoms with Gasteiger partial charge in [-0.25, -0.2) is 0 Å². The van der Waals surface area contributed by atoms with E-state index in [1.54, 1.807) is 12.1 Å². The van der Waals surface area contributed by atoms with E-state index in [0.717, 1.165) is 31.5 Å². The van der Waals surface area contributed by atoms with Crippen LogP contribution >= 0.6 is 23.2 Å². The molecule has 0 unspecified atom stereocenters. The van der Waals surface area contributed by atoms with E-state index in [-0.39, 0.29) is 17.7 Å². The fourth-order valence-electron chi connectivity index (χ4n) is 4.13. The zero-order valence-corrected chi connectivity index (χ0v) is 14.7.